The molecule has 2 fully saturated rings. The van der Waals surface area contributed by atoms with Gasteiger partial charge in [-0.25, -0.2) is 0 Å². The maximum Gasteiger partial charge on any atom is 0.248 e. The van der Waals surface area contributed by atoms with Gasteiger partial charge in [-0.05, 0) is 38.9 Å². The Hall–Kier alpha value is -0.710. The summed E-state index contributed by atoms with van der Waals surface area (Å²) in [4.78, 5) is 25.8. The first-order valence-electron chi connectivity index (χ1n) is 6.67. The molecule has 18 heavy (non-hydrogen) atoms. The van der Waals surface area contributed by atoms with E-state index in [2.05, 4.69) is 12.2 Å². The summed E-state index contributed by atoms with van der Waals surface area (Å²) in [6, 6.07) is 0.256. The lowest BCUT2D eigenvalue weighted by molar-refractivity contribution is -0.150. The Balaban J connectivity index is 2.04. The molecular weight excluding hydrogens is 248 g/mol. The fourth-order valence-corrected chi connectivity index (χ4v) is 4.04. The Bertz CT molecular complexity index is 357. The molecule has 1 aliphatic heterocycles. The number of rotatable bonds is 3. The van der Waals surface area contributed by atoms with Crippen LogP contribution in [0.1, 0.15) is 40.0 Å². The number of hydrogen-bond acceptors (Lipinski definition) is 3. The van der Waals surface area contributed by atoms with Crippen molar-refractivity contribution in [1.29, 1.82) is 0 Å². The first-order valence-corrected chi connectivity index (χ1v) is 7.72. The van der Waals surface area contributed by atoms with Crippen molar-refractivity contribution in [1.82, 2.24) is 10.2 Å². The highest BCUT2D eigenvalue weighted by Crippen LogP contribution is 2.34. The van der Waals surface area contributed by atoms with Crippen molar-refractivity contribution in [2.75, 3.05) is 12.3 Å². The summed E-state index contributed by atoms with van der Waals surface area (Å²) < 4.78 is 0. The van der Waals surface area contributed by atoms with E-state index < -0.39 is 5.54 Å². The number of amides is 2. The van der Waals surface area contributed by atoms with Crippen molar-refractivity contribution in [3.05, 3.63) is 0 Å². The molecular formula is C13H22N2O2S. The molecule has 4 nitrogen and oxygen atoms in total. The van der Waals surface area contributed by atoms with Gasteiger partial charge in [-0.2, -0.15) is 11.8 Å². The van der Waals surface area contributed by atoms with E-state index in [9.17, 15) is 9.59 Å². The van der Waals surface area contributed by atoms with Crippen LogP contribution in [-0.2, 0) is 9.59 Å². The van der Waals surface area contributed by atoms with Crippen LogP contribution in [0.3, 0.4) is 0 Å². The Morgan fingerprint density at radius 2 is 2.11 bits per heavy atom. The molecule has 5 heteroatoms. The van der Waals surface area contributed by atoms with Gasteiger partial charge in [-0.1, -0.05) is 6.92 Å². The molecule has 2 aliphatic rings. The van der Waals surface area contributed by atoms with Crippen LogP contribution in [0.5, 0.6) is 0 Å². The normalized spacial score (nSPS) is 31.6. The van der Waals surface area contributed by atoms with Crippen LogP contribution in [0.15, 0.2) is 0 Å². The Labute approximate surface area is 113 Å². The van der Waals surface area contributed by atoms with Crippen LogP contribution >= 0.6 is 11.8 Å². The number of thioether (sulfide) groups is 1. The zero-order chi connectivity index (χ0) is 13.3. The highest BCUT2D eigenvalue weighted by Gasteiger charge is 2.43. The standard InChI is InChI=1S/C13H22N2O2S/c1-4-18-10-6-5-9(7-10)15-8-11(16)14-13(2,3)12(15)17/h9-10H,4-8H2,1-3H3,(H,14,16). The molecule has 0 radical (unpaired) electrons. The summed E-state index contributed by atoms with van der Waals surface area (Å²) in [5.74, 6) is 1.15. The maximum atomic E-state index is 12.3. The van der Waals surface area contributed by atoms with Crippen LogP contribution in [0, 0.1) is 0 Å². The number of piperazine rings is 1. The molecule has 1 aliphatic carbocycles. The predicted molar refractivity (Wildman–Crippen MR) is 73.5 cm³/mol. The van der Waals surface area contributed by atoms with E-state index in [0.29, 0.717) is 5.25 Å². The van der Waals surface area contributed by atoms with Gasteiger partial charge in [0.25, 0.3) is 0 Å². The second kappa shape index (κ2) is 5.11. The third-order valence-electron chi connectivity index (χ3n) is 3.76. The van der Waals surface area contributed by atoms with Gasteiger partial charge in [0.05, 0.1) is 6.54 Å². The zero-order valence-electron chi connectivity index (χ0n) is 11.4. The molecule has 0 aromatic heterocycles. The van der Waals surface area contributed by atoms with Crippen LogP contribution in [-0.4, -0.2) is 45.8 Å². The number of nitrogens with zero attached hydrogens (tertiary/aromatic N) is 1. The minimum atomic E-state index is -0.745. The summed E-state index contributed by atoms with van der Waals surface area (Å²) in [5.41, 5.74) is -0.745. The van der Waals surface area contributed by atoms with E-state index >= 15 is 0 Å². The second-order valence-corrected chi connectivity index (χ2v) is 7.23. The molecule has 1 heterocycles. The first kappa shape index (κ1) is 13.7. The van der Waals surface area contributed by atoms with E-state index in [1.165, 1.54) is 0 Å². The van der Waals surface area contributed by atoms with Crippen molar-refractivity contribution < 1.29 is 9.59 Å². The SMILES string of the molecule is CCSC1CCC(N2CC(=O)NC(C)(C)C2=O)C1. The van der Waals surface area contributed by atoms with Crippen molar-refractivity contribution >= 4 is 23.6 Å². The Morgan fingerprint density at radius 3 is 2.78 bits per heavy atom. The fourth-order valence-electron chi connectivity index (χ4n) is 2.91. The van der Waals surface area contributed by atoms with Crippen molar-refractivity contribution in [3.8, 4) is 0 Å². The summed E-state index contributed by atoms with van der Waals surface area (Å²) in [6.07, 6.45) is 3.23. The van der Waals surface area contributed by atoms with Crippen LogP contribution in [0.25, 0.3) is 0 Å². The minimum absolute atomic E-state index is 0.0359. The number of nitrogens with one attached hydrogen (secondary N) is 1. The molecule has 0 aromatic rings. The average molecular weight is 270 g/mol. The van der Waals surface area contributed by atoms with Gasteiger partial charge in [0.1, 0.15) is 5.54 Å². The lowest BCUT2D eigenvalue weighted by Gasteiger charge is -2.40. The number of carbonyl (C=O) groups is 2. The van der Waals surface area contributed by atoms with E-state index in [1.807, 2.05) is 11.8 Å². The molecule has 102 valence electrons. The van der Waals surface area contributed by atoms with Gasteiger partial charge in [-0.15, -0.1) is 0 Å². The van der Waals surface area contributed by atoms with Crippen molar-refractivity contribution in [2.24, 2.45) is 0 Å². The molecule has 0 spiro atoms. The van der Waals surface area contributed by atoms with Gasteiger partial charge in [0.15, 0.2) is 0 Å². The molecule has 2 unspecified atom stereocenters. The van der Waals surface area contributed by atoms with Gasteiger partial charge in [0, 0.05) is 11.3 Å². The van der Waals surface area contributed by atoms with Gasteiger partial charge >= 0.3 is 0 Å². The maximum absolute atomic E-state index is 12.3. The fraction of sp³-hybridized carbons (Fsp3) is 0.846. The Morgan fingerprint density at radius 1 is 1.39 bits per heavy atom. The molecule has 1 N–H and O–H groups in total. The quantitative estimate of drug-likeness (QED) is 0.843. The van der Waals surface area contributed by atoms with Crippen LogP contribution < -0.4 is 5.32 Å². The summed E-state index contributed by atoms with van der Waals surface area (Å²) in [6.45, 7) is 5.97. The molecule has 2 amide bonds. The van der Waals surface area contributed by atoms with E-state index in [4.69, 9.17) is 0 Å². The third-order valence-corrected chi connectivity index (χ3v) is 4.99. The molecule has 1 saturated heterocycles. The van der Waals surface area contributed by atoms with E-state index in [0.717, 1.165) is 25.0 Å². The highest BCUT2D eigenvalue weighted by molar-refractivity contribution is 7.99. The average Bonchev–Trinajstić information content (AvgIpc) is 2.72. The van der Waals surface area contributed by atoms with Crippen LogP contribution in [0.2, 0.25) is 0 Å². The lowest BCUT2D eigenvalue weighted by atomic mass is 9.98. The van der Waals surface area contributed by atoms with E-state index in [-0.39, 0.29) is 24.4 Å². The van der Waals surface area contributed by atoms with E-state index in [1.54, 1.807) is 18.7 Å². The predicted octanol–water partition coefficient (Wildman–Crippen LogP) is 1.40. The second-order valence-electron chi connectivity index (χ2n) is 5.65. The summed E-state index contributed by atoms with van der Waals surface area (Å²) >= 11 is 1.97. The Kier molecular flexibility index (Phi) is 3.90. The molecule has 1 saturated carbocycles. The third kappa shape index (κ3) is 2.66. The number of hydrogen-bond donors (Lipinski definition) is 1. The van der Waals surface area contributed by atoms with Crippen LogP contribution in [0.4, 0.5) is 0 Å². The largest absolute Gasteiger partial charge is 0.341 e. The monoisotopic (exact) mass is 270 g/mol. The van der Waals surface area contributed by atoms with Gasteiger partial charge < -0.3 is 10.2 Å². The molecule has 0 bridgehead atoms. The van der Waals surface area contributed by atoms with Gasteiger partial charge in [-0.3, -0.25) is 9.59 Å². The zero-order valence-corrected chi connectivity index (χ0v) is 12.2. The summed E-state index contributed by atoms with van der Waals surface area (Å²) in [7, 11) is 0. The minimum Gasteiger partial charge on any atom is -0.341 e. The van der Waals surface area contributed by atoms with Crippen molar-refractivity contribution in [3.63, 3.8) is 0 Å². The van der Waals surface area contributed by atoms with Gasteiger partial charge in [0.2, 0.25) is 11.8 Å². The highest BCUT2D eigenvalue weighted by atomic mass is 32.2. The van der Waals surface area contributed by atoms with Crippen molar-refractivity contribution in [2.45, 2.75) is 56.9 Å². The molecule has 0 aromatic carbocycles. The number of carbonyl (C=O) groups excluding carboxylic acids is 2. The topological polar surface area (TPSA) is 49.4 Å². The first-order chi connectivity index (χ1) is 8.44. The molecule has 2 atom stereocenters. The lowest BCUT2D eigenvalue weighted by Crippen LogP contribution is -2.65. The smallest absolute Gasteiger partial charge is 0.248 e. The summed E-state index contributed by atoms with van der Waals surface area (Å²) in [5, 5.41) is 3.41. The molecule has 2 rings (SSSR count).